The van der Waals surface area contributed by atoms with Gasteiger partial charge in [-0.05, 0) is 51.4 Å². The third-order valence-electron chi connectivity index (χ3n) is 16.2. The number of unbranched alkanes of at least 4 members (excludes halogenated alkanes) is 53. The number of rotatable bonds is 61. The fraction of sp³-hybridized carbons (Fsp3) is 1.00. The van der Waals surface area contributed by atoms with Crippen molar-refractivity contribution in [3.8, 4) is 0 Å². The van der Waals surface area contributed by atoms with E-state index in [4.69, 9.17) is 0 Å². The quantitative estimate of drug-likeness (QED) is 0.0421. The van der Waals surface area contributed by atoms with Gasteiger partial charge in [0.2, 0.25) is 0 Å². The lowest BCUT2D eigenvalue weighted by Gasteiger charge is -2.28. The molecule has 0 spiro atoms. The van der Waals surface area contributed by atoms with Crippen LogP contribution in [0.5, 0.6) is 0 Å². The zero-order valence-electron chi connectivity index (χ0n) is 47.6. The van der Waals surface area contributed by atoms with Crippen LogP contribution in [0, 0.1) is 0 Å². The van der Waals surface area contributed by atoms with E-state index in [1.165, 1.54) is 340 Å². The highest BCUT2D eigenvalue weighted by Gasteiger charge is 2.35. The van der Waals surface area contributed by atoms with Gasteiger partial charge in [0.25, 0.3) is 0 Å². The summed E-state index contributed by atoms with van der Waals surface area (Å²) in [4.78, 5) is 0. The van der Waals surface area contributed by atoms with Crippen LogP contribution in [-0.4, -0.2) is 24.6 Å². The van der Waals surface area contributed by atoms with Crippen molar-refractivity contribution < 1.29 is 0 Å². The van der Waals surface area contributed by atoms with E-state index >= 15 is 0 Å². The van der Waals surface area contributed by atoms with Crippen LogP contribution in [0.25, 0.3) is 0 Å². The first-order valence-electron chi connectivity index (χ1n) is 32.6. The van der Waals surface area contributed by atoms with Crippen LogP contribution < -0.4 is 0 Å². The van der Waals surface area contributed by atoms with E-state index < -0.39 is 7.26 Å². The topological polar surface area (TPSA) is 0 Å². The molecule has 0 aliphatic carbocycles. The Morgan fingerprint density at radius 3 is 0.318 bits per heavy atom. The SMILES string of the molecule is CCCCCCCCCCCCCCCCCCC[P+](CCCCCCCC)(CCCCCCCCCCCCCCCCCCC)CCCCCCCCCCCCCCCCCCC. The largest absolute Gasteiger partial charge is 0.0654 e. The maximum atomic E-state index is 2.38. The lowest BCUT2D eigenvalue weighted by Crippen LogP contribution is -2.13. The normalized spacial score (nSPS) is 12.0. The van der Waals surface area contributed by atoms with Crippen molar-refractivity contribution in [1.29, 1.82) is 0 Å². The molecule has 0 unspecified atom stereocenters. The lowest BCUT2D eigenvalue weighted by molar-refractivity contribution is 0.528. The van der Waals surface area contributed by atoms with Gasteiger partial charge in [0.05, 0.1) is 24.6 Å². The first-order chi connectivity index (χ1) is 32.7. The second-order valence-electron chi connectivity index (χ2n) is 23.0. The van der Waals surface area contributed by atoms with Crippen molar-refractivity contribution >= 4 is 7.26 Å². The van der Waals surface area contributed by atoms with Crippen LogP contribution in [0.3, 0.4) is 0 Å². The molecule has 0 saturated carbocycles. The Morgan fingerprint density at radius 2 is 0.212 bits per heavy atom. The molecule has 0 amide bonds. The van der Waals surface area contributed by atoms with Crippen LogP contribution in [0.15, 0.2) is 0 Å². The highest BCUT2D eigenvalue weighted by molar-refractivity contribution is 7.75. The Bertz CT molecular complexity index is 725. The van der Waals surface area contributed by atoms with Crippen molar-refractivity contribution in [2.45, 2.75) is 394 Å². The van der Waals surface area contributed by atoms with Crippen molar-refractivity contribution in [3.05, 3.63) is 0 Å². The molecular weight excluding hydrogens is 812 g/mol. The summed E-state index contributed by atoms with van der Waals surface area (Å²) in [6.07, 6.45) is 91.8. The molecule has 66 heavy (non-hydrogen) atoms. The molecular formula is C65H134P+. The Kier molecular flexibility index (Phi) is 60.1. The molecule has 0 rings (SSSR count). The molecule has 0 radical (unpaired) electrons. The van der Waals surface area contributed by atoms with Crippen molar-refractivity contribution in [2.75, 3.05) is 24.6 Å². The molecule has 0 saturated heterocycles. The molecule has 0 N–H and O–H groups in total. The zero-order valence-corrected chi connectivity index (χ0v) is 48.5. The third kappa shape index (κ3) is 53.8. The fourth-order valence-electron chi connectivity index (χ4n) is 11.4. The predicted molar refractivity (Wildman–Crippen MR) is 312 cm³/mol. The molecule has 0 bridgehead atoms. The maximum Gasteiger partial charge on any atom is 0.0594 e. The summed E-state index contributed by atoms with van der Waals surface area (Å²) < 4.78 is 0. The van der Waals surface area contributed by atoms with Crippen LogP contribution in [0.1, 0.15) is 394 Å². The van der Waals surface area contributed by atoms with Crippen LogP contribution in [0.2, 0.25) is 0 Å². The van der Waals surface area contributed by atoms with E-state index in [0.717, 1.165) is 0 Å². The molecule has 0 aromatic carbocycles. The standard InChI is InChI=1S/C65H134P/c1-5-9-13-17-21-24-27-30-33-36-39-42-45-48-51-55-59-63-66(62-58-54-20-16-12-8-4,64-60-56-52-49-46-43-40-37-34-31-28-25-22-18-14-10-6-2)65-61-57-53-50-47-44-41-38-35-32-29-26-23-19-15-11-7-3/h5-65H2,1-4H3/q+1. The first kappa shape index (κ1) is 66.4. The molecule has 0 atom stereocenters. The molecule has 0 nitrogen and oxygen atoms in total. The smallest absolute Gasteiger partial charge is 0.0594 e. The maximum absolute atomic E-state index is 2.38. The second-order valence-corrected chi connectivity index (χ2v) is 27.4. The fourth-order valence-corrected chi connectivity index (χ4v) is 16.3. The van der Waals surface area contributed by atoms with E-state index in [9.17, 15) is 0 Å². The summed E-state index contributed by atoms with van der Waals surface area (Å²) in [5, 5.41) is 0. The van der Waals surface area contributed by atoms with E-state index in [-0.39, 0.29) is 0 Å². The van der Waals surface area contributed by atoms with Crippen LogP contribution in [0.4, 0.5) is 0 Å². The van der Waals surface area contributed by atoms with E-state index in [0.29, 0.717) is 0 Å². The average Bonchev–Trinajstić information content (AvgIpc) is 3.33. The minimum absolute atomic E-state index is 0.821. The number of hydrogen-bond acceptors (Lipinski definition) is 0. The molecule has 0 aliphatic heterocycles. The van der Waals surface area contributed by atoms with E-state index in [1.54, 1.807) is 50.3 Å². The summed E-state index contributed by atoms with van der Waals surface area (Å²) in [5.41, 5.74) is 0. The minimum atomic E-state index is -0.821. The summed E-state index contributed by atoms with van der Waals surface area (Å²) in [6, 6.07) is 0. The molecule has 0 aromatic rings. The molecule has 1 heteroatoms. The first-order valence-corrected chi connectivity index (χ1v) is 35.1. The summed E-state index contributed by atoms with van der Waals surface area (Å²) >= 11 is 0. The number of hydrogen-bond donors (Lipinski definition) is 0. The van der Waals surface area contributed by atoms with Gasteiger partial charge >= 0.3 is 0 Å². The van der Waals surface area contributed by atoms with E-state index in [2.05, 4.69) is 27.7 Å². The Labute approximate surface area is 423 Å². The van der Waals surface area contributed by atoms with Gasteiger partial charge in [-0.1, -0.05) is 342 Å². The van der Waals surface area contributed by atoms with Crippen LogP contribution in [-0.2, 0) is 0 Å². The highest BCUT2D eigenvalue weighted by atomic mass is 31.2. The Morgan fingerprint density at radius 1 is 0.121 bits per heavy atom. The van der Waals surface area contributed by atoms with Gasteiger partial charge in [-0.2, -0.15) is 0 Å². The molecule has 0 fully saturated rings. The third-order valence-corrected chi connectivity index (χ3v) is 21.3. The molecule has 0 aromatic heterocycles. The van der Waals surface area contributed by atoms with Gasteiger partial charge in [0, 0.05) is 7.26 Å². The zero-order chi connectivity index (χ0) is 47.6. The monoisotopic (exact) mass is 946 g/mol. The van der Waals surface area contributed by atoms with Crippen LogP contribution >= 0.6 is 7.26 Å². The van der Waals surface area contributed by atoms with Gasteiger partial charge in [0.1, 0.15) is 0 Å². The predicted octanol–water partition coefficient (Wildman–Crippen LogP) is 25.3. The Hall–Kier alpha value is 0.430. The molecule has 0 aliphatic rings. The summed E-state index contributed by atoms with van der Waals surface area (Å²) in [5.74, 6) is 0. The van der Waals surface area contributed by atoms with Gasteiger partial charge in [-0.3, -0.25) is 0 Å². The summed E-state index contributed by atoms with van der Waals surface area (Å²) in [7, 11) is -0.821. The molecule has 0 heterocycles. The van der Waals surface area contributed by atoms with Crippen molar-refractivity contribution in [1.82, 2.24) is 0 Å². The van der Waals surface area contributed by atoms with Gasteiger partial charge < -0.3 is 0 Å². The van der Waals surface area contributed by atoms with Crippen molar-refractivity contribution in [2.24, 2.45) is 0 Å². The Balaban J connectivity index is 4.68. The van der Waals surface area contributed by atoms with Crippen molar-refractivity contribution in [3.63, 3.8) is 0 Å². The molecule has 398 valence electrons. The average molecular weight is 947 g/mol. The lowest BCUT2D eigenvalue weighted by atomic mass is 10.0. The minimum Gasteiger partial charge on any atom is -0.0654 e. The van der Waals surface area contributed by atoms with Gasteiger partial charge in [0.15, 0.2) is 0 Å². The van der Waals surface area contributed by atoms with Gasteiger partial charge in [-0.25, -0.2) is 0 Å². The van der Waals surface area contributed by atoms with Gasteiger partial charge in [-0.15, -0.1) is 0 Å². The second kappa shape index (κ2) is 59.7. The highest BCUT2D eigenvalue weighted by Crippen LogP contribution is 2.61. The van der Waals surface area contributed by atoms with E-state index in [1.807, 2.05) is 0 Å². The summed E-state index contributed by atoms with van der Waals surface area (Å²) in [6.45, 7) is 9.37.